The van der Waals surface area contributed by atoms with Crippen LogP contribution in [0.4, 0.5) is 13.2 Å². The van der Waals surface area contributed by atoms with E-state index in [0.29, 0.717) is 11.3 Å². The third-order valence-corrected chi connectivity index (χ3v) is 3.74. The van der Waals surface area contributed by atoms with Gasteiger partial charge < -0.3 is 19.7 Å². The fourth-order valence-corrected chi connectivity index (χ4v) is 2.43. The molecule has 24 heavy (non-hydrogen) atoms. The van der Waals surface area contributed by atoms with Crippen LogP contribution in [0, 0.1) is 0 Å². The van der Waals surface area contributed by atoms with Gasteiger partial charge in [0, 0.05) is 0 Å². The number of esters is 2. The standard InChI is InChI=1S/C12H7F3O8S/c13-12(14,15)10(21)11(7(18)4-2-1-3-24-4)22-8(19)5(16)6(17)9(20)23-11/h1-3,5-6,16-17H. The molecule has 0 saturated carbocycles. The summed E-state index contributed by atoms with van der Waals surface area (Å²) in [6, 6.07) is 2.24. The number of thiophene rings is 1. The molecule has 2 rings (SSSR count). The first kappa shape index (κ1) is 18.0. The zero-order chi connectivity index (χ0) is 18.3. The molecule has 0 radical (unpaired) electrons. The highest BCUT2D eigenvalue weighted by molar-refractivity contribution is 7.12. The Morgan fingerprint density at radius 1 is 1.12 bits per heavy atom. The second-order valence-electron chi connectivity index (χ2n) is 4.48. The molecule has 2 atom stereocenters. The van der Waals surface area contributed by atoms with Crippen LogP contribution in [-0.2, 0) is 23.9 Å². The number of halogens is 3. The maximum Gasteiger partial charge on any atom is 0.458 e. The molecule has 0 bridgehead atoms. The molecule has 1 aliphatic rings. The Hall–Kier alpha value is -2.31. The van der Waals surface area contributed by atoms with Crippen molar-refractivity contribution in [3.63, 3.8) is 0 Å². The summed E-state index contributed by atoms with van der Waals surface area (Å²) in [5.74, 6) is -12.8. The average Bonchev–Trinajstić information content (AvgIpc) is 3.01. The highest BCUT2D eigenvalue weighted by Crippen LogP contribution is 2.34. The van der Waals surface area contributed by atoms with Crippen molar-refractivity contribution < 1.29 is 52.0 Å². The van der Waals surface area contributed by atoms with Crippen molar-refractivity contribution in [2.45, 2.75) is 24.2 Å². The summed E-state index contributed by atoms with van der Waals surface area (Å²) in [6.45, 7) is 0. The van der Waals surface area contributed by atoms with Gasteiger partial charge >= 0.3 is 29.7 Å². The molecule has 1 aliphatic heterocycles. The van der Waals surface area contributed by atoms with Crippen molar-refractivity contribution in [2.75, 3.05) is 0 Å². The lowest BCUT2D eigenvalue weighted by Gasteiger charge is -2.27. The van der Waals surface area contributed by atoms with Crippen LogP contribution in [0.1, 0.15) is 9.67 Å². The van der Waals surface area contributed by atoms with E-state index in [-0.39, 0.29) is 0 Å². The summed E-state index contributed by atoms with van der Waals surface area (Å²) in [6.07, 6.45) is -11.0. The second-order valence-corrected chi connectivity index (χ2v) is 5.43. The van der Waals surface area contributed by atoms with Gasteiger partial charge in [-0.2, -0.15) is 13.2 Å². The quantitative estimate of drug-likeness (QED) is 0.418. The molecule has 12 heteroatoms. The minimum absolute atomic E-state index is 0.487. The lowest BCUT2D eigenvalue weighted by Crippen LogP contribution is -2.57. The van der Waals surface area contributed by atoms with Gasteiger partial charge in [0.1, 0.15) is 0 Å². The van der Waals surface area contributed by atoms with Crippen molar-refractivity contribution in [2.24, 2.45) is 0 Å². The van der Waals surface area contributed by atoms with Crippen molar-refractivity contribution in [3.05, 3.63) is 22.4 Å². The second kappa shape index (κ2) is 5.96. The molecule has 1 aromatic heterocycles. The molecule has 0 aliphatic carbocycles. The van der Waals surface area contributed by atoms with Crippen LogP contribution >= 0.6 is 11.3 Å². The number of cyclic esters (lactones) is 2. The van der Waals surface area contributed by atoms with Gasteiger partial charge in [0.15, 0.2) is 12.2 Å². The van der Waals surface area contributed by atoms with Crippen LogP contribution in [-0.4, -0.2) is 57.9 Å². The smallest absolute Gasteiger partial charge is 0.406 e. The van der Waals surface area contributed by atoms with E-state index >= 15 is 0 Å². The monoisotopic (exact) mass is 368 g/mol. The molecular weight excluding hydrogens is 361 g/mol. The number of aliphatic hydroxyl groups excluding tert-OH is 2. The van der Waals surface area contributed by atoms with Crippen LogP contribution in [0.25, 0.3) is 0 Å². The number of ether oxygens (including phenoxy) is 2. The van der Waals surface area contributed by atoms with Gasteiger partial charge in [0.2, 0.25) is 0 Å². The molecule has 130 valence electrons. The fraction of sp³-hybridized carbons (Fsp3) is 0.333. The van der Waals surface area contributed by atoms with E-state index in [1.54, 1.807) is 0 Å². The first-order valence-corrected chi connectivity index (χ1v) is 6.90. The summed E-state index contributed by atoms with van der Waals surface area (Å²) in [7, 11) is 0. The minimum atomic E-state index is -5.73. The van der Waals surface area contributed by atoms with E-state index in [1.165, 1.54) is 11.4 Å². The predicted molar refractivity (Wildman–Crippen MR) is 66.6 cm³/mol. The van der Waals surface area contributed by atoms with E-state index in [0.717, 1.165) is 6.07 Å². The molecule has 0 amide bonds. The van der Waals surface area contributed by atoms with Gasteiger partial charge in [-0.25, -0.2) is 9.59 Å². The summed E-state index contributed by atoms with van der Waals surface area (Å²) >= 11 is 0.585. The number of ketones is 2. The fourth-order valence-electron chi connectivity index (χ4n) is 1.73. The van der Waals surface area contributed by atoms with E-state index in [1.807, 2.05) is 0 Å². The molecule has 8 nitrogen and oxygen atoms in total. The normalized spacial score (nSPS) is 27.9. The van der Waals surface area contributed by atoms with Crippen molar-refractivity contribution in [3.8, 4) is 0 Å². The highest BCUT2D eigenvalue weighted by atomic mass is 32.1. The number of carbonyl (C=O) groups excluding carboxylic acids is 4. The molecule has 2 N–H and O–H groups in total. The van der Waals surface area contributed by atoms with Gasteiger partial charge in [-0.1, -0.05) is 6.07 Å². The first-order valence-electron chi connectivity index (χ1n) is 6.02. The Morgan fingerprint density at radius 3 is 2.00 bits per heavy atom. The maximum absolute atomic E-state index is 12.9. The van der Waals surface area contributed by atoms with Gasteiger partial charge in [-0.3, -0.25) is 9.59 Å². The third kappa shape index (κ3) is 2.90. The van der Waals surface area contributed by atoms with E-state index in [9.17, 15) is 42.6 Å². The van der Waals surface area contributed by atoms with E-state index < -0.39 is 52.6 Å². The van der Waals surface area contributed by atoms with E-state index in [2.05, 4.69) is 9.47 Å². The minimum Gasteiger partial charge on any atom is -0.406 e. The molecule has 2 heterocycles. The van der Waals surface area contributed by atoms with Gasteiger partial charge in [0.05, 0.1) is 4.88 Å². The molecule has 0 aromatic carbocycles. The Balaban J connectivity index is 2.63. The first-order chi connectivity index (χ1) is 11.0. The number of aliphatic hydroxyl groups is 2. The van der Waals surface area contributed by atoms with Crippen LogP contribution in [0.15, 0.2) is 17.5 Å². The summed E-state index contributed by atoms with van der Waals surface area (Å²) in [4.78, 5) is 46.6. The van der Waals surface area contributed by atoms with Crippen molar-refractivity contribution >= 4 is 34.8 Å². The van der Waals surface area contributed by atoms with Crippen LogP contribution in [0.3, 0.4) is 0 Å². The van der Waals surface area contributed by atoms with Gasteiger partial charge in [0.25, 0.3) is 5.78 Å². The number of hydrogen-bond donors (Lipinski definition) is 2. The van der Waals surface area contributed by atoms with Crippen LogP contribution in [0.2, 0.25) is 0 Å². The maximum atomic E-state index is 12.9. The summed E-state index contributed by atoms with van der Waals surface area (Å²) < 4.78 is 46.8. The Morgan fingerprint density at radius 2 is 1.62 bits per heavy atom. The number of alkyl halides is 3. The number of hydrogen-bond acceptors (Lipinski definition) is 9. The number of carbonyl (C=O) groups is 4. The highest BCUT2D eigenvalue weighted by Gasteiger charge is 2.66. The van der Waals surface area contributed by atoms with Crippen LogP contribution in [0.5, 0.6) is 0 Å². The largest absolute Gasteiger partial charge is 0.458 e. The lowest BCUT2D eigenvalue weighted by atomic mass is 10.0. The number of rotatable bonds is 3. The lowest BCUT2D eigenvalue weighted by molar-refractivity contribution is -0.230. The Labute approximate surface area is 134 Å². The summed E-state index contributed by atoms with van der Waals surface area (Å²) in [5, 5.41) is 19.9. The topological polar surface area (TPSA) is 127 Å². The number of Topliss-reactive ketones (excluding diaryl/α,β-unsaturated/α-hetero) is 2. The molecule has 1 fully saturated rings. The van der Waals surface area contributed by atoms with Gasteiger partial charge in [-0.15, -0.1) is 11.3 Å². The molecule has 0 spiro atoms. The molecular formula is C12H7F3O8S. The zero-order valence-corrected chi connectivity index (χ0v) is 12.1. The molecule has 1 aromatic rings. The Bertz CT molecular complexity index is 674. The van der Waals surface area contributed by atoms with Crippen molar-refractivity contribution in [1.29, 1.82) is 0 Å². The zero-order valence-electron chi connectivity index (χ0n) is 11.3. The molecule has 1 saturated heterocycles. The molecule has 2 unspecified atom stereocenters. The van der Waals surface area contributed by atoms with Crippen LogP contribution < -0.4 is 0 Å². The SMILES string of the molecule is O=C1OC(C(=O)c2cccs2)(C(=O)C(F)(F)F)OC(=O)C(O)C1O. The van der Waals surface area contributed by atoms with Crippen molar-refractivity contribution in [1.82, 2.24) is 0 Å². The predicted octanol–water partition coefficient (Wildman–Crippen LogP) is -0.420. The summed E-state index contributed by atoms with van der Waals surface area (Å²) in [5.41, 5.74) is 0. The average molecular weight is 368 g/mol. The van der Waals surface area contributed by atoms with Gasteiger partial charge in [-0.05, 0) is 11.4 Å². The Kier molecular flexibility index (Phi) is 4.48. The van der Waals surface area contributed by atoms with E-state index in [4.69, 9.17) is 0 Å². The third-order valence-electron chi connectivity index (χ3n) is 2.87.